The van der Waals surface area contributed by atoms with Crippen LogP contribution in [0.2, 0.25) is 0 Å². The first kappa shape index (κ1) is 23.9. The molecule has 1 aliphatic heterocycles. The molecule has 176 valence electrons. The second kappa shape index (κ2) is 11.7. The highest BCUT2D eigenvalue weighted by Crippen LogP contribution is 2.29. The van der Waals surface area contributed by atoms with E-state index in [1.807, 2.05) is 42.5 Å². The molecule has 1 fully saturated rings. The predicted molar refractivity (Wildman–Crippen MR) is 138 cm³/mol. The molecule has 0 aliphatic carbocycles. The zero-order valence-corrected chi connectivity index (χ0v) is 20.1. The van der Waals surface area contributed by atoms with Crippen LogP contribution in [0.15, 0.2) is 83.8 Å². The monoisotopic (exact) mass is 475 g/mol. The lowest BCUT2D eigenvalue weighted by atomic mass is 10.1. The van der Waals surface area contributed by atoms with Gasteiger partial charge in [-0.05, 0) is 35.9 Å². The summed E-state index contributed by atoms with van der Waals surface area (Å²) in [6, 6.07) is 25.7. The molecule has 4 rings (SSSR count). The van der Waals surface area contributed by atoms with Gasteiger partial charge in [-0.2, -0.15) is 0 Å². The minimum atomic E-state index is -0.423. The molecule has 0 atom stereocenters. The van der Waals surface area contributed by atoms with Crippen LogP contribution in [0.5, 0.6) is 0 Å². The third-order valence-electron chi connectivity index (χ3n) is 5.77. The van der Waals surface area contributed by atoms with Gasteiger partial charge in [0.15, 0.2) is 0 Å². The van der Waals surface area contributed by atoms with Crippen LogP contribution in [0.1, 0.15) is 15.9 Å². The lowest BCUT2D eigenvalue weighted by molar-refractivity contribution is -0.113. The number of anilines is 2. The molecule has 0 radical (unpaired) electrons. The van der Waals surface area contributed by atoms with E-state index in [1.165, 1.54) is 24.4 Å². The molecule has 1 N–H and O–H groups in total. The summed E-state index contributed by atoms with van der Waals surface area (Å²) in [5.41, 5.74) is 3.28. The van der Waals surface area contributed by atoms with Gasteiger partial charge in [0.25, 0.3) is 0 Å². The normalized spacial score (nSPS) is 14.0. The number of piperazine rings is 1. The number of ether oxygens (including phenoxy) is 1. The van der Waals surface area contributed by atoms with Crippen LogP contribution in [-0.4, -0.2) is 55.8 Å². The standard InChI is InChI=1S/C27H29N3O3S/c1-33-27(32)22-12-13-25(24(18-22)28-26(31)20-34-23-10-6-3-7-11-23)30-16-14-29(15-17-30)19-21-8-4-2-5-9-21/h2-13,18H,14-17,19-20H2,1H3,(H,28,31). The van der Waals surface area contributed by atoms with Crippen molar-refractivity contribution in [2.75, 3.05) is 49.3 Å². The molecular formula is C27H29N3O3S. The second-order valence-electron chi connectivity index (χ2n) is 8.12. The van der Waals surface area contributed by atoms with Gasteiger partial charge in [-0.25, -0.2) is 4.79 Å². The van der Waals surface area contributed by atoms with Gasteiger partial charge in [-0.15, -0.1) is 11.8 Å². The Morgan fingerprint density at radius 1 is 0.912 bits per heavy atom. The molecule has 1 aliphatic rings. The summed E-state index contributed by atoms with van der Waals surface area (Å²) < 4.78 is 4.88. The summed E-state index contributed by atoms with van der Waals surface area (Å²) in [6.45, 7) is 4.45. The van der Waals surface area contributed by atoms with Crippen LogP contribution in [0.3, 0.4) is 0 Å². The van der Waals surface area contributed by atoms with Crippen molar-refractivity contribution >= 4 is 35.0 Å². The predicted octanol–water partition coefficient (Wildman–Crippen LogP) is 4.53. The van der Waals surface area contributed by atoms with Crippen molar-refractivity contribution in [3.8, 4) is 0 Å². The number of nitrogens with zero attached hydrogens (tertiary/aromatic N) is 2. The molecule has 0 bridgehead atoms. The maximum atomic E-state index is 12.8. The summed E-state index contributed by atoms with van der Waals surface area (Å²) in [5.74, 6) is -0.246. The number of carbonyl (C=O) groups excluding carboxylic acids is 2. The number of hydrogen-bond acceptors (Lipinski definition) is 6. The maximum Gasteiger partial charge on any atom is 0.337 e. The molecule has 0 aromatic heterocycles. The van der Waals surface area contributed by atoms with Gasteiger partial charge < -0.3 is 15.0 Å². The number of thioether (sulfide) groups is 1. The molecule has 1 saturated heterocycles. The average molecular weight is 476 g/mol. The van der Waals surface area contributed by atoms with E-state index in [2.05, 4.69) is 39.4 Å². The third-order valence-corrected chi connectivity index (χ3v) is 6.78. The van der Waals surface area contributed by atoms with Crippen molar-refractivity contribution in [3.63, 3.8) is 0 Å². The maximum absolute atomic E-state index is 12.8. The molecule has 3 aromatic carbocycles. The van der Waals surface area contributed by atoms with Gasteiger partial charge in [0.05, 0.1) is 29.8 Å². The zero-order chi connectivity index (χ0) is 23.8. The fourth-order valence-corrected chi connectivity index (χ4v) is 4.72. The number of rotatable bonds is 8. The summed E-state index contributed by atoms with van der Waals surface area (Å²) >= 11 is 1.48. The SMILES string of the molecule is COC(=O)c1ccc(N2CCN(Cc3ccccc3)CC2)c(NC(=O)CSc2ccccc2)c1. The van der Waals surface area contributed by atoms with Crippen LogP contribution in [0.25, 0.3) is 0 Å². The summed E-state index contributed by atoms with van der Waals surface area (Å²) in [6.07, 6.45) is 0. The Bertz CT molecular complexity index is 1100. The lowest BCUT2D eigenvalue weighted by Gasteiger charge is -2.37. The molecule has 1 amide bonds. The van der Waals surface area contributed by atoms with E-state index >= 15 is 0 Å². The van der Waals surface area contributed by atoms with E-state index in [-0.39, 0.29) is 11.7 Å². The number of methoxy groups -OCH3 is 1. The Balaban J connectivity index is 1.43. The van der Waals surface area contributed by atoms with Crippen molar-refractivity contribution < 1.29 is 14.3 Å². The van der Waals surface area contributed by atoms with Crippen molar-refractivity contribution in [3.05, 3.63) is 90.0 Å². The van der Waals surface area contributed by atoms with E-state index < -0.39 is 5.97 Å². The number of esters is 1. The van der Waals surface area contributed by atoms with Crippen LogP contribution >= 0.6 is 11.8 Å². The first-order valence-electron chi connectivity index (χ1n) is 11.3. The first-order valence-corrected chi connectivity index (χ1v) is 12.3. The van der Waals surface area contributed by atoms with Gasteiger partial charge in [0.2, 0.25) is 5.91 Å². The van der Waals surface area contributed by atoms with E-state index in [1.54, 1.807) is 12.1 Å². The minimum absolute atomic E-state index is 0.111. The van der Waals surface area contributed by atoms with Gasteiger partial charge in [-0.1, -0.05) is 48.5 Å². The Kier molecular flexibility index (Phi) is 8.22. The largest absolute Gasteiger partial charge is 0.465 e. The third kappa shape index (κ3) is 6.40. The molecule has 3 aromatic rings. The van der Waals surface area contributed by atoms with Crippen molar-refractivity contribution in [1.29, 1.82) is 0 Å². The molecule has 0 spiro atoms. The van der Waals surface area contributed by atoms with Gasteiger partial charge in [0, 0.05) is 37.6 Å². The van der Waals surface area contributed by atoms with Gasteiger partial charge in [-0.3, -0.25) is 9.69 Å². The van der Waals surface area contributed by atoms with Crippen molar-refractivity contribution in [2.45, 2.75) is 11.4 Å². The minimum Gasteiger partial charge on any atom is -0.465 e. The van der Waals surface area contributed by atoms with E-state index in [0.29, 0.717) is 11.3 Å². The fraction of sp³-hybridized carbons (Fsp3) is 0.259. The molecule has 34 heavy (non-hydrogen) atoms. The van der Waals surface area contributed by atoms with Crippen LogP contribution < -0.4 is 10.2 Å². The highest BCUT2D eigenvalue weighted by Gasteiger charge is 2.21. The summed E-state index contributed by atoms with van der Waals surface area (Å²) in [7, 11) is 1.36. The molecule has 7 heteroatoms. The number of benzene rings is 3. The summed E-state index contributed by atoms with van der Waals surface area (Å²) in [4.78, 5) is 30.6. The second-order valence-corrected chi connectivity index (χ2v) is 9.17. The topological polar surface area (TPSA) is 61.9 Å². The van der Waals surface area contributed by atoms with Crippen LogP contribution in [0.4, 0.5) is 11.4 Å². The Labute approximate surface area is 204 Å². The highest BCUT2D eigenvalue weighted by atomic mass is 32.2. The van der Waals surface area contributed by atoms with Crippen LogP contribution in [0, 0.1) is 0 Å². The highest BCUT2D eigenvalue weighted by molar-refractivity contribution is 8.00. The number of hydrogen-bond donors (Lipinski definition) is 1. The van der Waals surface area contributed by atoms with E-state index in [9.17, 15) is 9.59 Å². The molecular weight excluding hydrogens is 446 g/mol. The van der Waals surface area contributed by atoms with Gasteiger partial charge in [0.1, 0.15) is 0 Å². The zero-order valence-electron chi connectivity index (χ0n) is 19.3. The Hall–Kier alpha value is -3.29. The van der Waals surface area contributed by atoms with Crippen molar-refractivity contribution in [2.24, 2.45) is 0 Å². The molecule has 0 unspecified atom stereocenters. The smallest absolute Gasteiger partial charge is 0.337 e. The number of nitrogens with one attached hydrogen (secondary N) is 1. The van der Waals surface area contributed by atoms with E-state index in [4.69, 9.17) is 4.74 Å². The quantitative estimate of drug-likeness (QED) is 0.382. The van der Waals surface area contributed by atoms with Crippen LogP contribution in [-0.2, 0) is 16.1 Å². The first-order chi connectivity index (χ1) is 16.6. The number of carbonyl (C=O) groups is 2. The van der Waals surface area contributed by atoms with Crippen molar-refractivity contribution in [1.82, 2.24) is 4.90 Å². The molecule has 6 nitrogen and oxygen atoms in total. The Morgan fingerprint density at radius 2 is 1.59 bits per heavy atom. The van der Waals surface area contributed by atoms with E-state index in [0.717, 1.165) is 43.3 Å². The summed E-state index contributed by atoms with van der Waals surface area (Å²) in [5, 5.41) is 3.03. The molecule has 1 heterocycles. The Morgan fingerprint density at radius 3 is 2.26 bits per heavy atom. The average Bonchev–Trinajstić information content (AvgIpc) is 2.89. The lowest BCUT2D eigenvalue weighted by Crippen LogP contribution is -2.46. The molecule has 0 saturated carbocycles. The number of amides is 1. The fourth-order valence-electron chi connectivity index (χ4n) is 4.00. The van der Waals surface area contributed by atoms with Gasteiger partial charge >= 0.3 is 5.97 Å².